The van der Waals surface area contributed by atoms with Crippen molar-refractivity contribution < 1.29 is 4.39 Å². The lowest BCUT2D eigenvalue weighted by atomic mass is 9.99. The second-order valence-corrected chi connectivity index (χ2v) is 6.14. The van der Waals surface area contributed by atoms with Gasteiger partial charge < -0.3 is 4.90 Å². The number of piperidine rings is 1. The molecule has 3 rings (SSSR count). The molecule has 3 nitrogen and oxygen atoms in total. The van der Waals surface area contributed by atoms with Gasteiger partial charge in [-0.1, -0.05) is 19.1 Å². The van der Waals surface area contributed by atoms with E-state index in [4.69, 9.17) is 0 Å². The van der Waals surface area contributed by atoms with Crippen LogP contribution in [0.2, 0.25) is 0 Å². The summed E-state index contributed by atoms with van der Waals surface area (Å²) in [5, 5.41) is 4.18. The Bertz CT molecular complexity index is 641. The predicted molar refractivity (Wildman–Crippen MR) is 94.7 cm³/mol. The molecule has 1 heterocycles. The molecule has 0 amide bonds. The molecule has 23 heavy (non-hydrogen) atoms. The number of rotatable bonds is 4. The summed E-state index contributed by atoms with van der Waals surface area (Å²) < 4.78 is 12.8. The Morgan fingerprint density at radius 2 is 1.70 bits per heavy atom. The third-order valence-corrected chi connectivity index (χ3v) is 4.29. The highest BCUT2D eigenvalue weighted by atomic mass is 19.1. The molecule has 0 saturated carbocycles. The van der Waals surface area contributed by atoms with Gasteiger partial charge in [-0.3, -0.25) is 5.43 Å². The van der Waals surface area contributed by atoms with Crippen LogP contribution in [0.25, 0.3) is 0 Å². The molecule has 2 aromatic rings. The van der Waals surface area contributed by atoms with Crippen molar-refractivity contribution in [2.75, 3.05) is 23.4 Å². The molecule has 1 aliphatic rings. The van der Waals surface area contributed by atoms with E-state index in [0.717, 1.165) is 30.3 Å². The molecule has 0 bridgehead atoms. The Labute approximate surface area is 136 Å². The molecule has 4 heteroatoms. The van der Waals surface area contributed by atoms with Crippen molar-refractivity contribution in [3.8, 4) is 0 Å². The van der Waals surface area contributed by atoms with Crippen LogP contribution in [-0.2, 0) is 0 Å². The first-order valence-corrected chi connectivity index (χ1v) is 8.10. The molecule has 0 unspecified atom stereocenters. The molecule has 0 aromatic heterocycles. The number of hydrogen-bond acceptors (Lipinski definition) is 3. The molecular formula is C19H22FN3. The molecule has 1 saturated heterocycles. The number of nitrogens with one attached hydrogen (secondary N) is 1. The predicted octanol–water partition coefficient (Wildman–Crippen LogP) is 4.51. The van der Waals surface area contributed by atoms with Crippen molar-refractivity contribution in [1.29, 1.82) is 0 Å². The van der Waals surface area contributed by atoms with E-state index in [9.17, 15) is 4.39 Å². The smallest absolute Gasteiger partial charge is 0.123 e. The van der Waals surface area contributed by atoms with Crippen LogP contribution in [0.15, 0.2) is 53.6 Å². The molecule has 1 aliphatic heterocycles. The van der Waals surface area contributed by atoms with Crippen LogP contribution in [0.5, 0.6) is 0 Å². The van der Waals surface area contributed by atoms with Crippen LogP contribution in [-0.4, -0.2) is 19.3 Å². The zero-order chi connectivity index (χ0) is 16.1. The highest BCUT2D eigenvalue weighted by molar-refractivity contribution is 5.81. The summed E-state index contributed by atoms with van der Waals surface area (Å²) in [6, 6.07) is 14.6. The third-order valence-electron chi connectivity index (χ3n) is 4.29. The van der Waals surface area contributed by atoms with E-state index in [2.05, 4.69) is 46.6 Å². The van der Waals surface area contributed by atoms with Crippen molar-refractivity contribution in [1.82, 2.24) is 0 Å². The summed E-state index contributed by atoms with van der Waals surface area (Å²) in [6.45, 7) is 4.60. The van der Waals surface area contributed by atoms with Crippen LogP contribution in [0.3, 0.4) is 0 Å². The summed E-state index contributed by atoms with van der Waals surface area (Å²) >= 11 is 0. The summed E-state index contributed by atoms with van der Waals surface area (Å²) in [7, 11) is 0. The van der Waals surface area contributed by atoms with Gasteiger partial charge in [0.1, 0.15) is 5.82 Å². The minimum atomic E-state index is -0.248. The maximum atomic E-state index is 12.8. The quantitative estimate of drug-likeness (QED) is 0.664. The number of benzene rings is 2. The minimum absolute atomic E-state index is 0.248. The first-order chi connectivity index (χ1) is 11.2. The Kier molecular flexibility index (Phi) is 4.91. The normalized spacial score (nSPS) is 16.0. The van der Waals surface area contributed by atoms with Crippen molar-refractivity contribution in [2.45, 2.75) is 19.8 Å². The molecule has 2 aromatic carbocycles. The average molecular weight is 311 g/mol. The second kappa shape index (κ2) is 7.27. The van der Waals surface area contributed by atoms with E-state index in [0.29, 0.717) is 0 Å². The van der Waals surface area contributed by atoms with Crippen LogP contribution >= 0.6 is 0 Å². The maximum absolute atomic E-state index is 12.8. The van der Waals surface area contributed by atoms with Gasteiger partial charge in [0.05, 0.1) is 11.9 Å². The van der Waals surface area contributed by atoms with Gasteiger partial charge in [0.15, 0.2) is 0 Å². The summed E-state index contributed by atoms with van der Waals surface area (Å²) in [4.78, 5) is 2.44. The van der Waals surface area contributed by atoms with E-state index < -0.39 is 0 Å². The van der Waals surface area contributed by atoms with Gasteiger partial charge in [-0.25, -0.2) is 4.39 Å². The highest BCUT2D eigenvalue weighted by Crippen LogP contribution is 2.22. The van der Waals surface area contributed by atoms with Crippen LogP contribution in [0.1, 0.15) is 25.3 Å². The fraction of sp³-hybridized carbons (Fsp3) is 0.316. The number of anilines is 2. The number of hydrogen-bond donors (Lipinski definition) is 1. The molecule has 0 atom stereocenters. The number of halogens is 1. The van der Waals surface area contributed by atoms with Gasteiger partial charge in [0, 0.05) is 18.8 Å². The number of nitrogens with zero attached hydrogens (tertiary/aromatic N) is 2. The molecule has 1 fully saturated rings. The fourth-order valence-corrected chi connectivity index (χ4v) is 2.74. The van der Waals surface area contributed by atoms with Gasteiger partial charge >= 0.3 is 0 Å². The Morgan fingerprint density at radius 1 is 1.04 bits per heavy atom. The zero-order valence-corrected chi connectivity index (χ0v) is 13.4. The fourth-order valence-electron chi connectivity index (χ4n) is 2.74. The summed E-state index contributed by atoms with van der Waals surface area (Å²) in [6.07, 6.45) is 4.31. The topological polar surface area (TPSA) is 27.6 Å². The average Bonchev–Trinajstić information content (AvgIpc) is 2.58. The summed E-state index contributed by atoms with van der Waals surface area (Å²) in [5.74, 6) is 0.595. The van der Waals surface area contributed by atoms with Gasteiger partial charge in [-0.05, 0) is 60.7 Å². The second-order valence-electron chi connectivity index (χ2n) is 6.14. The molecular weight excluding hydrogens is 289 g/mol. The van der Waals surface area contributed by atoms with E-state index in [1.54, 1.807) is 18.3 Å². The van der Waals surface area contributed by atoms with Crippen LogP contribution in [0.4, 0.5) is 15.8 Å². The van der Waals surface area contributed by atoms with E-state index in [1.165, 1.54) is 30.7 Å². The standard InChI is InChI=1S/C19H22FN3/c1-15-10-12-23(13-11-15)19-8-2-16(3-9-19)14-21-22-18-6-4-17(20)5-7-18/h2-9,14-15,22H,10-13H2,1H3. The van der Waals surface area contributed by atoms with Gasteiger partial charge in [-0.15, -0.1) is 0 Å². The van der Waals surface area contributed by atoms with Crippen molar-refractivity contribution in [3.05, 3.63) is 59.9 Å². The summed E-state index contributed by atoms with van der Waals surface area (Å²) in [5.41, 5.74) is 5.98. The Balaban J connectivity index is 1.56. The van der Waals surface area contributed by atoms with Crippen molar-refractivity contribution >= 4 is 17.6 Å². The highest BCUT2D eigenvalue weighted by Gasteiger charge is 2.15. The van der Waals surface area contributed by atoms with E-state index in [1.807, 2.05) is 0 Å². The first-order valence-electron chi connectivity index (χ1n) is 8.10. The Morgan fingerprint density at radius 3 is 2.35 bits per heavy atom. The van der Waals surface area contributed by atoms with Crippen LogP contribution < -0.4 is 10.3 Å². The van der Waals surface area contributed by atoms with Crippen LogP contribution in [0, 0.1) is 11.7 Å². The molecule has 0 aliphatic carbocycles. The third kappa shape index (κ3) is 4.31. The monoisotopic (exact) mass is 311 g/mol. The number of hydrazone groups is 1. The van der Waals surface area contributed by atoms with Gasteiger partial charge in [0.2, 0.25) is 0 Å². The Hall–Kier alpha value is -2.36. The van der Waals surface area contributed by atoms with Gasteiger partial charge in [-0.2, -0.15) is 5.10 Å². The molecule has 120 valence electrons. The lowest BCUT2D eigenvalue weighted by Gasteiger charge is -2.32. The largest absolute Gasteiger partial charge is 0.372 e. The van der Waals surface area contributed by atoms with E-state index >= 15 is 0 Å². The lowest BCUT2D eigenvalue weighted by molar-refractivity contribution is 0.438. The van der Waals surface area contributed by atoms with Crippen molar-refractivity contribution in [3.63, 3.8) is 0 Å². The van der Waals surface area contributed by atoms with Gasteiger partial charge in [0.25, 0.3) is 0 Å². The first kappa shape index (κ1) is 15.5. The minimum Gasteiger partial charge on any atom is -0.372 e. The molecule has 1 N–H and O–H groups in total. The lowest BCUT2D eigenvalue weighted by Crippen LogP contribution is -2.32. The zero-order valence-electron chi connectivity index (χ0n) is 13.4. The maximum Gasteiger partial charge on any atom is 0.123 e. The molecule has 0 spiro atoms. The van der Waals surface area contributed by atoms with Crippen molar-refractivity contribution in [2.24, 2.45) is 11.0 Å². The van der Waals surface area contributed by atoms with E-state index in [-0.39, 0.29) is 5.82 Å². The SMILES string of the molecule is CC1CCN(c2ccc(C=NNc3ccc(F)cc3)cc2)CC1. The molecule has 0 radical (unpaired) electrons.